The molecule has 1 heterocycles. The molecule has 22 heavy (non-hydrogen) atoms. The molecule has 0 unspecified atom stereocenters. The number of carbonyl (C=O) groups excluding carboxylic acids is 1. The largest absolute Gasteiger partial charge is 0.360 e. The first-order valence-corrected chi connectivity index (χ1v) is 7.29. The highest BCUT2D eigenvalue weighted by molar-refractivity contribution is 7.80. The quantitative estimate of drug-likeness (QED) is 0.634. The summed E-state index contributed by atoms with van der Waals surface area (Å²) in [6.07, 6.45) is 1.69. The van der Waals surface area contributed by atoms with Gasteiger partial charge in [-0.2, -0.15) is 0 Å². The highest BCUT2D eigenvalue weighted by Crippen LogP contribution is 2.17. The fraction of sp³-hybridized carbons (Fsp3) is 0.0588. The Labute approximate surface area is 133 Å². The van der Waals surface area contributed by atoms with Crippen LogP contribution in [0.4, 0.5) is 5.69 Å². The maximum Gasteiger partial charge on any atom is 0.259 e. The van der Waals surface area contributed by atoms with Crippen LogP contribution in [0.2, 0.25) is 0 Å². The van der Waals surface area contributed by atoms with Gasteiger partial charge in [0.15, 0.2) is 5.11 Å². The van der Waals surface area contributed by atoms with Crippen LogP contribution in [-0.4, -0.2) is 16.0 Å². The van der Waals surface area contributed by atoms with Gasteiger partial charge in [0.05, 0.1) is 5.56 Å². The van der Waals surface area contributed by atoms with E-state index in [1.54, 1.807) is 6.20 Å². The number of benzene rings is 2. The van der Waals surface area contributed by atoms with Crippen LogP contribution in [0.3, 0.4) is 0 Å². The highest BCUT2D eigenvalue weighted by Gasteiger charge is 2.12. The van der Waals surface area contributed by atoms with Gasteiger partial charge >= 0.3 is 0 Å². The Balaban J connectivity index is 1.71. The molecule has 110 valence electrons. The smallest absolute Gasteiger partial charge is 0.259 e. The van der Waals surface area contributed by atoms with Gasteiger partial charge in [0.2, 0.25) is 0 Å². The average Bonchev–Trinajstić information content (AvgIpc) is 2.93. The molecule has 4 nitrogen and oxygen atoms in total. The zero-order valence-electron chi connectivity index (χ0n) is 12.0. The lowest BCUT2D eigenvalue weighted by molar-refractivity contribution is 0.0979. The molecule has 0 aliphatic carbocycles. The van der Waals surface area contributed by atoms with E-state index in [9.17, 15) is 4.79 Å². The number of amides is 1. The van der Waals surface area contributed by atoms with Crippen molar-refractivity contribution in [3.05, 3.63) is 65.9 Å². The number of aryl methyl sites for hydroxylation is 1. The van der Waals surface area contributed by atoms with Gasteiger partial charge in [0.1, 0.15) is 0 Å². The first-order valence-electron chi connectivity index (χ1n) is 6.88. The molecule has 0 atom stereocenters. The molecule has 3 aromatic rings. The number of fused-ring (bicyclic) bond motifs is 1. The third kappa shape index (κ3) is 2.99. The Bertz CT molecular complexity index is 836. The molecule has 0 spiro atoms. The van der Waals surface area contributed by atoms with E-state index < -0.39 is 0 Å². The predicted molar refractivity (Wildman–Crippen MR) is 93.2 cm³/mol. The number of carbonyl (C=O) groups is 1. The normalized spacial score (nSPS) is 10.4. The predicted octanol–water partition coefficient (Wildman–Crippen LogP) is 3.60. The summed E-state index contributed by atoms with van der Waals surface area (Å²) < 4.78 is 0. The highest BCUT2D eigenvalue weighted by atomic mass is 32.1. The van der Waals surface area contributed by atoms with Gasteiger partial charge in [-0.1, -0.05) is 35.9 Å². The second-order valence-electron chi connectivity index (χ2n) is 5.02. The molecule has 0 radical (unpaired) electrons. The van der Waals surface area contributed by atoms with Gasteiger partial charge in [0.25, 0.3) is 5.91 Å². The molecule has 3 rings (SSSR count). The topological polar surface area (TPSA) is 56.9 Å². The van der Waals surface area contributed by atoms with Gasteiger partial charge in [0, 0.05) is 22.8 Å². The third-order valence-corrected chi connectivity index (χ3v) is 3.57. The lowest BCUT2D eigenvalue weighted by Gasteiger charge is -2.09. The van der Waals surface area contributed by atoms with E-state index in [1.165, 1.54) is 5.56 Å². The van der Waals surface area contributed by atoms with Crippen LogP contribution in [0, 0.1) is 6.92 Å². The minimum atomic E-state index is -0.234. The van der Waals surface area contributed by atoms with Crippen molar-refractivity contribution < 1.29 is 4.79 Å². The van der Waals surface area contributed by atoms with E-state index >= 15 is 0 Å². The van der Waals surface area contributed by atoms with Crippen molar-refractivity contribution in [3.63, 3.8) is 0 Å². The van der Waals surface area contributed by atoms with E-state index in [1.807, 2.05) is 55.5 Å². The van der Waals surface area contributed by atoms with Crippen LogP contribution in [0.5, 0.6) is 0 Å². The Morgan fingerprint density at radius 3 is 2.59 bits per heavy atom. The van der Waals surface area contributed by atoms with Gasteiger partial charge in [-0.25, -0.2) is 0 Å². The lowest BCUT2D eigenvalue weighted by Crippen LogP contribution is -2.34. The Morgan fingerprint density at radius 2 is 1.82 bits per heavy atom. The van der Waals surface area contributed by atoms with Crippen molar-refractivity contribution in [2.75, 3.05) is 5.32 Å². The average molecular weight is 309 g/mol. The summed E-state index contributed by atoms with van der Waals surface area (Å²) in [6.45, 7) is 2.01. The van der Waals surface area contributed by atoms with Crippen LogP contribution in [0.25, 0.3) is 10.9 Å². The molecule has 1 amide bonds. The number of thiocarbonyl (C=S) groups is 1. The summed E-state index contributed by atoms with van der Waals surface area (Å²) in [7, 11) is 0. The molecular weight excluding hydrogens is 294 g/mol. The Kier molecular flexibility index (Phi) is 3.89. The van der Waals surface area contributed by atoms with Gasteiger partial charge in [-0.15, -0.1) is 0 Å². The molecule has 0 saturated heterocycles. The van der Waals surface area contributed by atoms with Crippen molar-refractivity contribution in [1.82, 2.24) is 10.3 Å². The number of rotatable bonds is 2. The molecule has 1 aromatic heterocycles. The number of nitrogens with one attached hydrogen (secondary N) is 3. The zero-order chi connectivity index (χ0) is 15.5. The molecule has 2 aromatic carbocycles. The zero-order valence-corrected chi connectivity index (χ0v) is 12.8. The number of H-pyrrole nitrogens is 1. The summed E-state index contributed by atoms with van der Waals surface area (Å²) >= 11 is 5.19. The second-order valence-corrected chi connectivity index (χ2v) is 5.43. The van der Waals surface area contributed by atoms with Crippen molar-refractivity contribution in [2.24, 2.45) is 0 Å². The van der Waals surface area contributed by atoms with Crippen molar-refractivity contribution in [3.8, 4) is 0 Å². The number of hydrogen-bond donors (Lipinski definition) is 3. The molecule has 0 fully saturated rings. The SMILES string of the molecule is Cc1ccc(NC(=S)NC(=O)c2c[nH]c3ccccc23)cc1. The van der Waals surface area contributed by atoms with E-state index in [2.05, 4.69) is 15.6 Å². The van der Waals surface area contributed by atoms with E-state index in [4.69, 9.17) is 12.2 Å². The van der Waals surface area contributed by atoms with Crippen LogP contribution >= 0.6 is 12.2 Å². The second kappa shape index (κ2) is 5.99. The molecule has 0 aliphatic rings. The number of anilines is 1. The van der Waals surface area contributed by atoms with E-state index in [0.717, 1.165) is 16.6 Å². The van der Waals surface area contributed by atoms with Gasteiger partial charge < -0.3 is 10.3 Å². The van der Waals surface area contributed by atoms with Crippen molar-refractivity contribution in [1.29, 1.82) is 0 Å². The Morgan fingerprint density at radius 1 is 1.09 bits per heavy atom. The molecular formula is C17H15N3OS. The first kappa shape index (κ1) is 14.3. The monoisotopic (exact) mass is 309 g/mol. The van der Waals surface area contributed by atoms with E-state index in [0.29, 0.717) is 5.56 Å². The van der Waals surface area contributed by atoms with Gasteiger partial charge in [-0.3, -0.25) is 10.1 Å². The maximum atomic E-state index is 12.3. The van der Waals surface area contributed by atoms with Crippen molar-refractivity contribution in [2.45, 2.75) is 6.92 Å². The fourth-order valence-electron chi connectivity index (χ4n) is 2.23. The third-order valence-electron chi connectivity index (χ3n) is 3.37. The van der Waals surface area contributed by atoms with Crippen molar-refractivity contribution >= 4 is 39.8 Å². The maximum absolute atomic E-state index is 12.3. The van der Waals surface area contributed by atoms with Gasteiger partial charge in [-0.05, 0) is 37.3 Å². The lowest BCUT2D eigenvalue weighted by atomic mass is 10.1. The summed E-state index contributed by atoms with van der Waals surface area (Å²) in [5.41, 5.74) is 3.50. The Hall–Kier alpha value is -2.66. The summed E-state index contributed by atoms with van der Waals surface area (Å²) in [5, 5.41) is 6.85. The van der Waals surface area contributed by atoms with Crippen LogP contribution in [-0.2, 0) is 0 Å². The minimum absolute atomic E-state index is 0.234. The van der Waals surface area contributed by atoms with Crippen LogP contribution in [0.15, 0.2) is 54.7 Å². The first-order chi connectivity index (χ1) is 10.6. The molecule has 0 bridgehead atoms. The summed E-state index contributed by atoms with van der Waals surface area (Å²) in [5.74, 6) is -0.234. The van der Waals surface area contributed by atoms with Crippen LogP contribution < -0.4 is 10.6 Å². The summed E-state index contributed by atoms with van der Waals surface area (Å²) in [6, 6.07) is 15.4. The van der Waals surface area contributed by atoms with E-state index in [-0.39, 0.29) is 11.0 Å². The number of aromatic nitrogens is 1. The number of aromatic amines is 1. The molecule has 3 N–H and O–H groups in total. The number of para-hydroxylation sites is 1. The fourth-order valence-corrected chi connectivity index (χ4v) is 2.44. The van der Waals surface area contributed by atoms with Crippen LogP contribution in [0.1, 0.15) is 15.9 Å². The molecule has 5 heteroatoms. The minimum Gasteiger partial charge on any atom is -0.360 e. The summed E-state index contributed by atoms with van der Waals surface area (Å²) in [4.78, 5) is 15.4. The number of hydrogen-bond acceptors (Lipinski definition) is 2. The molecule has 0 saturated carbocycles. The standard InChI is InChI=1S/C17H15N3OS/c1-11-6-8-12(9-7-11)19-17(22)20-16(21)14-10-18-15-5-3-2-4-13(14)15/h2-10,18H,1H3,(H2,19,20,21,22). The molecule has 0 aliphatic heterocycles.